The summed E-state index contributed by atoms with van der Waals surface area (Å²) in [6.45, 7) is 6.73. The summed E-state index contributed by atoms with van der Waals surface area (Å²) in [4.78, 5) is 0. The van der Waals surface area contributed by atoms with Gasteiger partial charge in [-0.2, -0.15) is 0 Å². The molecule has 2 N–H and O–H groups in total. The second-order valence-corrected chi connectivity index (χ2v) is 4.98. The predicted molar refractivity (Wildman–Crippen MR) is 70.1 cm³/mol. The minimum absolute atomic E-state index is 0.138. The van der Waals surface area contributed by atoms with Crippen LogP contribution in [0.4, 0.5) is 0 Å². The van der Waals surface area contributed by atoms with Gasteiger partial charge < -0.3 is 5.73 Å². The van der Waals surface area contributed by atoms with Gasteiger partial charge in [0.05, 0.1) is 0 Å². The van der Waals surface area contributed by atoms with Crippen LogP contribution >= 0.6 is 0 Å². The van der Waals surface area contributed by atoms with Gasteiger partial charge in [0.2, 0.25) is 0 Å². The summed E-state index contributed by atoms with van der Waals surface area (Å²) in [6.07, 6.45) is 13.0. The Labute approximate surface area is 96.8 Å². The molecule has 0 fully saturated rings. The summed E-state index contributed by atoms with van der Waals surface area (Å²) in [5, 5.41) is 0. The SMILES string of the molecule is CCCCCCCCC(N)(CC)CCC. The van der Waals surface area contributed by atoms with Gasteiger partial charge in [0.25, 0.3) is 0 Å². The van der Waals surface area contributed by atoms with E-state index in [1.165, 1.54) is 57.8 Å². The van der Waals surface area contributed by atoms with Gasteiger partial charge in [-0.1, -0.05) is 65.7 Å². The topological polar surface area (TPSA) is 26.0 Å². The third-order valence-electron chi connectivity index (χ3n) is 3.48. The zero-order valence-electron chi connectivity index (χ0n) is 11.1. The Morgan fingerprint density at radius 2 is 1.33 bits per heavy atom. The normalized spacial score (nSPS) is 15.2. The molecule has 15 heavy (non-hydrogen) atoms. The fraction of sp³-hybridized carbons (Fsp3) is 1.00. The van der Waals surface area contributed by atoms with Crippen molar-refractivity contribution in [2.24, 2.45) is 5.73 Å². The van der Waals surface area contributed by atoms with E-state index >= 15 is 0 Å². The van der Waals surface area contributed by atoms with Gasteiger partial charge in [-0.15, -0.1) is 0 Å². The van der Waals surface area contributed by atoms with E-state index in [1.807, 2.05) is 0 Å². The van der Waals surface area contributed by atoms with Gasteiger partial charge in [0.15, 0.2) is 0 Å². The molecule has 0 aromatic heterocycles. The number of rotatable bonds is 10. The van der Waals surface area contributed by atoms with Crippen LogP contribution in [0.15, 0.2) is 0 Å². The summed E-state index contributed by atoms with van der Waals surface area (Å²) >= 11 is 0. The lowest BCUT2D eigenvalue weighted by molar-refractivity contribution is 0.334. The van der Waals surface area contributed by atoms with Crippen LogP contribution in [-0.2, 0) is 0 Å². The Balaban J connectivity index is 3.46. The van der Waals surface area contributed by atoms with Crippen LogP contribution in [0.3, 0.4) is 0 Å². The van der Waals surface area contributed by atoms with Crippen molar-refractivity contribution in [3.8, 4) is 0 Å². The molecule has 1 atom stereocenters. The molecule has 0 aliphatic heterocycles. The van der Waals surface area contributed by atoms with Crippen LogP contribution in [0.2, 0.25) is 0 Å². The molecule has 0 aliphatic carbocycles. The monoisotopic (exact) mass is 213 g/mol. The molecule has 92 valence electrons. The maximum absolute atomic E-state index is 6.35. The van der Waals surface area contributed by atoms with E-state index in [2.05, 4.69) is 20.8 Å². The van der Waals surface area contributed by atoms with Crippen molar-refractivity contribution in [3.63, 3.8) is 0 Å². The van der Waals surface area contributed by atoms with Crippen molar-refractivity contribution in [1.82, 2.24) is 0 Å². The maximum atomic E-state index is 6.35. The van der Waals surface area contributed by atoms with Crippen LogP contribution in [-0.4, -0.2) is 5.54 Å². The summed E-state index contributed by atoms with van der Waals surface area (Å²) in [5.41, 5.74) is 6.49. The summed E-state index contributed by atoms with van der Waals surface area (Å²) in [6, 6.07) is 0. The van der Waals surface area contributed by atoms with Crippen LogP contribution in [0.25, 0.3) is 0 Å². The van der Waals surface area contributed by atoms with E-state index in [-0.39, 0.29) is 5.54 Å². The van der Waals surface area contributed by atoms with Crippen molar-refractivity contribution >= 4 is 0 Å². The first-order valence-corrected chi connectivity index (χ1v) is 6.97. The number of unbranched alkanes of at least 4 members (excludes halogenated alkanes) is 5. The second-order valence-electron chi connectivity index (χ2n) is 4.98. The third kappa shape index (κ3) is 7.84. The van der Waals surface area contributed by atoms with Crippen molar-refractivity contribution in [1.29, 1.82) is 0 Å². The van der Waals surface area contributed by atoms with Gasteiger partial charge in [-0.3, -0.25) is 0 Å². The van der Waals surface area contributed by atoms with Gasteiger partial charge in [0, 0.05) is 5.54 Å². The molecule has 1 unspecified atom stereocenters. The molecule has 0 aliphatic rings. The highest BCUT2D eigenvalue weighted by molar-refractivity contribution is 4.81. The molecule has 1 nitrogen and oxygen atoms in total. The van der Waals surface area contributed by atoms with Crippen molar-refractivity contribution in [2.45, 2.75) is 90.5 Å². The Morgan fingerprint density at radius 3 is 1.87 bits per heavy atom. The molecular formula is C14H31N. The molecule has 1 heteroatoms. The van der Waals surface area contributed by atoms with Crippen molar-refractivity contribution in [2.75, 3.05) is 0 Å². The molecule has 0 heterocycles. The smallest absolute Gasteiger partial charge is 0.0151 e. The molecule has 0 rings (SSSR count). The summed E-state index contributed by atoms with van der Waals surface area (Å²) in [7, 11) is 0. The standard InChI is InChI=1S/C14H31N/c1-4-7-8-9-10-11-13-14(15,6-3)12-5-2/h4-13,15H2,1-3H3. The van der Waals surface area contributed by atoms with Gasteiger partial charge in [-0.25, -0.2) is 0 Å². The summed E-state index contributed by atoms with van der Waals surface area (Å²) in [5.74, 6) is 0. The first-order valence-electron chi connectivity index (χ1n) is 6.97. The Bertz CT molecular complexity index is 133. The molecule has 0 aromatic carbocycles. The molecule has 0 saturated heterocycles. The minimum atomic E-state index is 0.138. The third-order valence-corrected chi connectivity index (χ3v) is 3.48. The quantitative estimate of drug-likeness (QED) is 0.525. The number of hydrogen-bond donors (Lipinski definition) is 1. The number of hydrogen-bond acceptors (Lipinski definition) is 1. The highest BCUT2D eigenvalue weighted by atomic mass is 14.7. The van der Waals surface area contributed by atoms with Crippen LogP contribution in [0, 0.1) is 0 Å². The zero-order valence-corrected chi connectivity index (χ0v) is 11.1. The largest absolute Gasteiger partial charge is 0.325 e. The predicted octanol–water partition coefficient (Wildman–Crippen LogP) is 4.64. The fourth-order valence-corrected chi connectivity index (χ4v) is 2.23. The van der Waals surface area contributed by atoms with E-state index in [1.54, 1.807) is 0 Å². The molecule has 0 amide bonds. The summed E-state index contributed by atoms with van der Waals surface area (Å²) < 4.78 is 0. The molecule has 0 bridgehead atoms. The van der Waals surface area contributed by atoms with E-state index < -0.39 is 0 Å². The lowest BCUT2D eigenvalue weighted by Crippen LogP contribution is -2.38. The zero-order chi connectivity index (χ0) is 11.6. The highest BCUT2D eigenvalue weighted by Gasteiger charge is 2.20. The molecule has 0 spiro atoms. The number of nitrogens with two attached hydrogens (primary N) is 1. The maximum Gasteiger partial charge on any atom is 0.0151 e. The van der Waals surface area contributed by atoms with E-state index in [0.29, 0.717) is 0 Å². The van der Waals surface area contributed by atoms with Crippen LogP contribution in [0.5, 0.6) is 0 Å². The Kier molecular flexibility index (Phi) is 9.18. The molecule has 0 radical (unpaired) electrons. The van der Waals surface area contributed by atoms with Crippen LogP contribution < -0.4 is 5.73 Å². The average molecular weight is 213 g/mol. The Hall–Kier alpha value is -0.0400. The van der Waals surface area contributed by atoms with E-state index in [4.69, 9.17) is 5.73 Å². The lowest BCUT2D eigenvalue weighted by atomic mass is 9.86. The minimum Gasteiger partial charge on any atom is -0.325 e. The molecule has 0 saturated carbocycles. The van der Waals surface area contributed by atoms with E-state index in [9.17, 15) is 0 Å². The van der Waals surface area contributed by atoms with Crippen LogP contribution in [0.1, 0.15) is 85.0 Å². The van der Waals surface area contributed by atoms with Gasteiger partial charge in [0.1, 0.15) is 0 Å². The fourth-order valence-electron chi connectivity index (χ4n) is 2.23. The van der Waals surface area contributed by atoms with Gasteiger partial charge >= 0.3 is 0 Å². The second kappa shape index (κ2) is 9.21. The van der Waals surface area contributed by atoms with Crippen molar-refractivity contribution in [3.05, 3.63) is 0 Å². The molecular weight excluding hydrogens is 182 g/mol. The lowest BCUT2D eigenvalue weighted by Gasteiger charge is -2.27. The molecule has 0 aromatic rings. The Morgan fingerprint density at radius 1 is 0.733 bits per heavy atom. The van der Waals surface area contributed by atoms with Gasteiger partial charge in [-0.05, 0) is 19.3 Å². The first kappa shape index (κ1) is 15.0. The average Bonchev–Trinajstić information content (AvgIpc) is 2.24. The first-order chi connectivity index (χ1) is 7.18. The van der Waals surface area contributed by atoms with E-state index in [0.717, 1.165) is 6.42 Å². The highest BCUT2D eigenvalue weighted by Crippen LogP contribution is 2.22. The van der Waals surface area contributed by atoms with Crippen molar-refractivity contribution < 1.29 is 0 Å².